The molecule has 1 heterocycles. The van der Waals surface area contributed by atoms with E-state index in [1.54, 1.807) is 0 Å². The topological polar surface area (TPSA) is 44.3 Å². The zero-order chi connectivity index (χ0) is 14.5. The lowest BCUT2D eigenvalue weighted by Crippen LogP contribution is -2.40. The fraction of sp³-hybridized carbons (Fsp3) is 0.733. The highest BCUT2D eigenvalue weighted by Gasteiger charge is 2.20. The third kappa shape index (κ3) is 4.42. The van der Waals surface area contributed by atoms with Crippen LogP contribution in [0.3, 0.4) is 0 Å². The second-order valence-electron chi connectivity index (χ2n) is 5.92. The molecule has 20 heavy (non-hydrogen) atoms. The van der Waals surface area contributed by atoms with Crippen LogP contribution in [0.15, 0.2) is 12.4 Å². The van der Waals surface area contributed by atoms with Crippen molar-refractivity contribution in [2.45, 2.75) is 45.3 Å². The Morgan fingerprint density at radius 3 is 2.70 bits per heavy atom. The fourth-order valence-electron chi connectivity index (χ4n) is 2.48. The van der Waals surface area contributed by atoms with Gasteiger partial charge in [-0.3, -0.25) is 4.98 Å². The molecule has 1 fully saturated rings. The summed E-state index contributed by atoms with van der Waals surface area (Å²) in [6.07, 6.45) is 6.34. The quantitative estimate of drug-likeness (QED) is 0.780. The predicted octanol–water partition coefficient (Wildman–Crippen LogP) is 1.50. The largest absolute Gasteiger partial charge is 0.352 e. The molecule has 112 valence electrons. The van der Waals surface area contributed by atoms with E-state index in [0.717, 1.165) is 31.1 Å². The van der Waals surface area contributed by atoms with E-state index >= 15 is 0 Å². The first kappa shape index (κ1) is 15.2. The van der Waals surface area contributed by atoms with Crippen molar-refractivity contribution in [3.8, 4) is 0 Å². The van der Waals surface area contributed by atoms with E-state index in [9.17, 15) is 0 Å². The summed E-state index contributed by atoms with van der Waals surface area (Å²) in [6.45, 7) is 7.19. The molecular formula is C15H27N5. The van der Waals surface area contributed by atoms with Gasteiger partial charge in [0.05, 0.1) is 11.9 Å². The molecule has 1 N–H and O–H groups in total. The minimum atomic E-state index is 0.427. The Morgan fingerprint density at radius 2 is 2.10 bits per heavy atom. The second kappa shape index (κ2) is 6.99. The number of nitrogens with zero attached hydrogens (tertiary/aromatic N) is 4. The maximum absolute atomic E-state index is 4.75. The van der Waals surface area contributed by atoms with Gasteiger partial charge in [-0.2, -0.15) is 0 Å². The van der Waals surface area contributed by atoms with E-state index in [1.807, 2.05) is 12.4 Å². The molecule has 0 aromatic carbocycles. The number of hydrogen-bond donors (Lipinski definition) is 1. The fourth-order valence-corrected chi connectivity index (χ4v) is 2.48. The van der Waals surface area contributed by atoms with Crippen LogP contribution in [0.25, 0.3) is 0 Å². The van der Waals surface area contributed by atoms with Crippen LogP contribution in [0.2, 0.25) is 0 Å². The van der Waals surface area contributed by atoms with Crippen molar-refractivity contribution in [1.82, 2.24) is 20.2 Å². The van der Waals surface area contributed by atoms with Crippen molar-refractivity contribution >= 4 is 5.82 Å². The minimum absolute atomic E-state index is 0.427. The van der Waals surface area contributed by atoms with Crippen LogP contribution in [0.5, 0.6) is 0 Å². The van der Waals surface area contributed by atoms with Gasteiger partial charge in [0.1, 0.15) is 5.82 Å². The number of hydrogen-bond acceptors (Lipinski definition) is 5. The lowest BCUT2D eigenvalue weighted by atomic mass is 10.2. The van der Waals surface area contributed by atoms with E-state index in [1.165, 1.54) is 12.8 Å². The van der Waals surface area contributed by atoms with Crippen molar-refractivity contribution in [3.63, 3.8) is 0 Å². The molecule has 1 aliphatic carbocycles. The number of nitrogens with one attached hydrogen (secondary N) is 1. The second-order valence-corrected chi connectivity index (χ2v) is 5.92. The average molecular weight is 277 g/mol. The van der Waals surface area contributed by atoms with E-state index < -0.39 is 0 Å². The Kier molecular flexibility index (Phi) is 5.31. The molecule has 1 aliphatic rings. The van der Waals surface area contributed by atoms with Crippen LogP contribution < -0.4 is 10.2 Å². The van der Waals surface area contributed by atoms with E-state index in [0.29, 0.717) is 12.1 Å². The maximum Gasteiger partial charge on any atom is 0.147 e. The molecule has 0 radical (unpaired) electrons. The number of rotatable bonds is 8. The molecule has 1 aromatic rings. The van der Waals surface area contributed by atoms with Gasteiger partial charge in [-0.25, -0.2) is 4.98 Å². The van der Waals surface area contributed by atoms with Crippen LogP contribution in [0.4, 0.5) is 5.82 Å². The Morgan fingerprint density at radius 1 is 1.35 bits per heavy atom. The summed E-state index contributed by atoms with van der Waals surface area (Å²) < 4.78 is 0. The molecule has 0 bridgehead atoms. The SMILES string of the molecule is CCN(c1cncc(CNC2CC2)n1)C(C)CN(C)C. The Bertz CT molecular complexity index is 416. The summed E-state index contributed by atoms with van der Waals surface area (Å²) in [6, 6.07) is 1.13. The van der Waals surface area contributed by atoms with Gasteiger partial charge in [0.2, 0.25) is 0 Å². The Labute approximate surface area is 122 Å². The lowest BCUT2D eigenvalue weighted by Gasteiger charge is -2.31. The van der Waals surface area contributed by atoms with Crippen molar-refractivity contribution < 1.29 is 0 Å². The number of anilines is 1. The lowest BCUT2D eigenvalue weighted by molar-refractivity contribution is 0.372. The summed E-state index contributed by atoms with van der Waals surface area (Å²) in [7, 11) is 4.21. The molecule has 0 spiro atoms. The van der Waals surface area contributed by atoms with Gasteiger partial charge >= 0.3 is 0 Å². The van der Waals surface area contributed by atoms with Crippen molar-refractivity contribution in [3.05, 3.63) is 18.1 Å². The van der Waals surface area contributed by atoms with Gasteiger partial charge in [0.25, 0.3) is 0 Å². The van der Waals surface area contributed by atoms with Gasteiger partial charge in [0.15, 0.2) is 0 Å². The van der Waals surface area contributed by atoms with Crippen molar-refractivity contribution in [1.29, 1.82) is 0 Å². The molecule has 1 aromatic heterocycles. The van der Waals surface area contributed by atoms with Gasteiger partial charge in [-0.05, 0) is 40.8 Å². The highest BCUT2D eigenvalue weighted by Crippen LogP contribution is 2.19. The monoisotopic (exact) mass is 277 g/mol. The standard InChI is InChI=1S/C15H27N5/c1-5-20(12(2)11-19(3)4)15-10-16-8-14(18-15)9-17-13-6-7-13/h8,10,12-13,17H,5-7,9,11H2,1-4H3. The molecule has 0 saturated heterocycles. The third-order valence-corrected chi connectivity index (χ3v) is 3.62. The minimum Gasteiger partial charge on any atom is -0.352 e. The van der Waals surface area contributed by atoms with E-state index in [4.69, 9.17) is 4.98 Å². The molecule has 1 unspecified atom stereocenters. The molecule has 5 nitrogen and oxygen atoms in total. The van der Waals surface area contributed by atoms with Crippen LogP contribution in [0, 0.1) is 0 Å². The summed E-state index contributed by atoms with van der Waals surface area (Å²) in [5.74, 6) is 0.983. The number of likely N-dealkylation sites (N-methyl/N-ethyl adjacent to an activating group) is 2. The normalized spacial score (nSPS) is 16.4. The first-order chi connectivity index (χ1) is 9.60. The first-order valence-electron chi connectivity index (χ1n) is 7.55. The van der Waals surface area contributed by atoms with Crippen LogP contribution in [-0.4, -0.2) is 54.1 Å². The van der Waals surface area contributed by atoms with E-state index in [2.05, 4.69) is 48.0 Å². The van der Waals surface area contributed by atoms with Crippen LogP contribution in [-0.2, 0) is 6.54 Å². The molecule has 2 rings (SSSR count). The summed E-state index contributed by atoms with van der Waals surface area (Å²) in [4.78, 5) is 13.6. The highest BCUT2D eigenvalue weighted by atomic mass is 15.2. The highest BCUT2D eigenvalue weighted by molar-refractivity contribution is 5.37. The molecule has 5 heteroatoms. The van der Waals surface area contributed by atoms with Gasteiger partial charge in [0, 0.05) is 37.9 Å². The zero-order valence-corrected chi connectivity index (χ0v) is 13.1. The molecule has 0 amide bonds. The van der Waals surface area contributed by atoms with Crippen molar-refractivity contribution in [2.24, 2.45) is 0 Å². The Balaban J connectivity index is 2.01. The summed E-state index contributed by atoms with van der Waals surface area (Å²) >= 11 is 0. The Hall–Kier alpha value is -1.20. The summed E-state index contributed by atoms with van der Waals surface area (Å²) in [5.41, 5.74) is 1.03. The third-order valence-electron chi connectivity index (χ3n) is 3.62. The maximum atomic E-state index is 4.75. The molecule has 1 atom stereocenters. The molecule has 0 aliphatic heterocycles. The molecule has 1 saturated carbocycles. The van der Waals surface area contributed by atoms with Crippen LogP contribution >= 0.6 is 0 Å². The average Bonchev–Trinajstić information content (AvgIpc) is 3.21. The smallest absolute Gasteiger partial charge is 0.147 e. The van der Waals surface area contributed by atoms with Crippen molar-refractivity contribution in [2.75, 3.05) is 32.1 Å². The summed E-state index contributed by atoms with van der Waals surface area (Å²) in [5, 5.41) is 3.49. The van der Waals surface area contributed by atoms with E-state index in [-0.39, 0.29) is 0 Å². The van der Waals surface area contributed by atoms with Crippen LogP contribution in [0.1, 0.15) is 32.4 Å². The van der Waals surface area contributed by atoms with Gasteiger partial charge in [-0.1, -0.05) is 0 Å². The van der Waals surface area contributed by atoms with Gasteiger partial charge in [-0.15, -0.1) is 0 Å². The van der Waals surface area contributed by atoms with Gasteiger partial charge < -0.3 is 15.1 Å². The predicted molar refractivity (Wildman–Crippen MR) is 82.9 cm³/mol. The molecular weight excluding hydrogens is 250 g/mol. The number of aromatic nitrogens is 2. The first-order valence-corrected chi connectivity index (χ1v) is 7.55. The zero-order valence-electron chi connectivity index (χ0n) is 13.1.